The van der Waals surface area contributed by atoms with Gasteiger partial charge < -0.3 is 19.7 Å². The summed E-state index contributed by atoms with van der Waals surface area (Å²) in [5.74, 6) is 0.387. The number of benzene rings is 2. The maximum absolute atomic E-state index is 12.7. The van der Waals surface area contributed by atoms with Crippen molar-refractivity contribution in [1.82, 2.24) is 4.90 Å². The minimum absolute atomic E-state index is 0.0346. The highest BCUT2D eigenvalue weighted by atomic mass is 35.5. The molecule has 2 amide bonds. The molecule has 0 saturated carbocycles. The summed E-state index contributed by atoms with van der Waals surface area (Å²) < 4.78 is 11.4. The van der Waals surface area contributed by atoms with E-state index in [2.05, 4.69) is 5.32 Å². The third-order valence-corrected chi connectivity index (χ3v) is 6.39. The lowest BCUT2D eigenvalue weighted by atomic mass is 10.1. The van der Waals surface area contributed by atoms with Gasteiger partial charge >= 0.3 is 0 Å². The Kier molecular flexibility index (Phi) is 5.71. The molecule has 1 aliphatic heterocycles. The molecule has 0 aliphatic carbocycles. The molecule has 6 nitrogen and oxygen atoms in total. The normalized spacial score (nSPS) is 14.1. The fourth-order valence-corrected chi connectivity index (χ4v) is 4.59. The molecule has 0 unspecified atom stereocenters. The van der Waals surface area contributed by atoms with Gasteiger partial charge in [0, 0.05) is 34.4 Å². The highest BCUT2D eigenvalue weighted by Gasteiger charge is 2.20. The Morgan fingerprint density at radius 3 is 2.55 bits per heavy atom. The first kappa shape index (κ1) is 19.7. The van der Waals surface area contributed by atoms with E-state index in [1.54, 1.807) is 36.3 Å². The molecule has 0 atom stereocenters. The number of nitrogens with one attached hydrogen (secondary N) is 1. The van der Waals surface area contributed by atoms with Crippen molar-refractivity contribution in [2.24, 2.45) is 0 Å². The van der Waals surface area contributed by atoms with Gasteiger partial charge in [0.2, 0.25) is 0 Å². The third-order valence-electron chi connectivity index (χ3n) is 4.73. The number of rotatable bonds is 4. The van der Waals surface area contributed by atoms with Crippen LogP contribution in [0.2, 0.25) is 5.02 Å². The van der Waals surface area contributed by atoms with Crippen LogP contribution in [-0.2, 0) is 4.74 Å². The van der Waals surface area contributed by atoms with Crippen LogP contribution in [0.5, 0.6) is 5.75 Å². The Bertz CT molecular complexity index is 1060. The summed E-state index contributed by atoms with van der Waals surface area (Å²) in [5.41, 5.74) is 1.18. The van der Waals surface area contributed by atoms with Crippen LogP contribution < -0.4 is 10.1 Å². The Balaban J connectivity index is 1.49. The Labute approximate surface area is 177 Å². The zero-order chi connectivity index (χ0) is 20.4. The van der Waals surface area contributed by atoms with E-state index in [9.17, 15) is 9.59 Å². The number of nitrogens with zero attached hydrogens (tertiary/aromatic N) is 1. The lowest BCUT2D eigenvalue weighted by Gasteiger charge is -2.26. The van der Waals surface area contributed by atoms with Crippen molar-refractivity contribution in [3.05, 3.63) is 57.9 Å². The number of halogens is 1. The predicted octanol–water partition coefficient (Wildman–Crippen LogP) is 4.29. The van der Waals surface area contributed by atoms with Crippen molar-refractivity contribution in [1.29, 1.82) is 0 Å². The van der Waals surface area contributed by atoms with Crippen LogP contribution in [0.25, 0.3) is 10.1 Å². The minimum atomic E-state index is -0.289. The van der Waals surface area contributed by atoms with E-state index >= 15 is 0 Å². The molecule has 0 radical (unpaired) electrons. The largest absolute Gasteiger partial charge is 0.497 e. The highest BCUT2D eigenvalue weighted by Crippen LogP contribution is 2.37. The molecule has 2 heterocycles. The fourth-order valence-electron chi connectivity index (χ4n) is 3.15. The molecule has 0 spiro atoms. The van der Waals surface area contributed by atoms with Gasteiger partial charge in [-0.15, -0.1) is 11.3 Å². The number of thiophene rings is 1. The second-order valence-electron chi connectivity index (χ2n) is 6.54. The Morgan fingerprint density at radius 2 is 1.86 bits per heavy atom. The lowest BCUT2D eigenvalue weighted by molar-refractivity contribution is 0.0303. The summed E-state index contributed by atoms with van der Waals surface area (Å²) in [6, 6.07) is 12.4. The first-order valence-electron chi connectivity index (χ1n) is 9.11. The van der Waals surface area contributed by atoms with Crippen molar-refractivity contribution in [3.63, 3.8) is 0 Å². The van der Waals surface area contributed by atoms with E-state index < -0.39 is 0 Å². The zero-order valence-corrected chi connectivity index (χ0v) is 17.3. The van der Waals surface area contributed by atoms with Crippen LogP contribution in [0, 0.1) is 0 Å². The SMILES string of the molecule is COc1ccc2c(Cl)c(C(=O)Nc3ccc(C(=O)N4CCOCC4)cc3)sc2c1. The van der Waals surface area contributed by atoms with Crippen molar-refractivity contribution in [3.8, 4) is 5.75 Å². The quantitative estimate of drug-likeness (QED) is 0.670. The molecule has 0 bridgehead atoms. The van der Waals surface area contributed by atoms with Crippen LogP contribution in [0.1, 0.15) is 20.0 Å². The Hall–Kier alpha value is -2.61. The van der Waals surface area contributed by atoms with Gasteiger partial charge in [-0.25, -0.2) is 0 Å². The maximum atomic E-state index is 12.7. The summed E-state index contributed by atoms with van der Waals surface area (Å²) in [7, 11) is 1.59. The molecule has 1 N–H and O–H groups in total. The summed E-state index contributed by atoms with van der Waals surface area (Å²) in [4.78, 5) is 27.4. The average molecular weight is 431 g/mol. The van der Waals surface area contributed by atoms with Gasteiger partial charge in [0.25, 0.3) is 11.8 Å². The number of carbonyl (C=O) groups is 2. The number of methoxy groups -OCH3 is 1. The number of morpholine rings is 1. The number of hydrogen-bond donors (Lipinski definition) is 1. The highest BCUT2D eigenvalue weighted by molar-refractivity contribution is 7.21. The monoisotopic (exact) mass is 430 g/mol. The van der Waals surface area contributed by atoms with Gasteiger partial charge in [0.05, 0.1) is 25.3 Å². The van der Waals surface area contributed by atoms with Gasteiger partial charge in [-0.1, -0.05) is 11.6 Å². The molecular formula is C21H19ClN2O4S. The Morgan fingerprint density at radius 1 is 1.14 bits per heavy atom. The van der Waals surface area contributed by atoms with Crippen molar-refractivity contribution in [2.45, 2.75) is 0 Å². The van der Waals surface area contributed by atoms with Gasteiger partial charge in [0.1, 0.15) is 10.6 Å². The van der Waals surface area contributed by atoms with Crippen LogP contribution in [0.3, 0.4) is 0 Å². The number of ether oxygens (including phenoxy) is 2. The summed E-state index contributed by atoms with van der Waals surface area (Å²) in [6.45, 7) is 2.29. The predicted molar refractivity (Wildman–Crippen MR) is 115 cm³/mol. The van der Waals surface area contributed by atoms with Crippen molar-refractivity contribution < 1.29 is 19.1 Å². The van der Waals surface area contributed by atoms with Gasteiger partial charge in [-0.05, 0) is 42.5 Å². The summed E-state index contributed by atoms with van der Waals surface area (Å²) in [6.07, 6.45) is 0. The lowest BCUT2D eigenvalue weighted by Crippen LogP contribution is -2.40. The zero-order valence-electron chi connectivity index (χ0n) is 15.7. The molecule has 1 fully saturated rings. The molecular weight excluding hydrogens is 412 g/mol. The number of carbonyl (C=O) groups excluding carboxylic acids is 2. The summed E-state index contributed by atoms with van der Waals surface area (Å²) >= 11 is 7.73. The molecule has 1 aromatic heterocycles. The second-order valence-corrected chi connectivity index (χ2v) is 7.97. The summed E-state index contributed by atoms with van der Waals surface area (Å²) in [5, 5.41) is 4.08. The smallest absolute Gasteiger partial charge is 0.267 e. The first-order valence-corrected chi connectivity index (χ1v) is 10.3. The van der Waals surface area contributed by atoms with Crippen molar-refractivity contribution in [2.75, 3.05) is 38.7 Å². The average Bonchev–Trinajstić information content (AvgIpc) is 3.10. The van der Waals surface area contributed by atoms with E-state index in [1.807, 2.05) is 18.2 Å². The molecule has 150 valence electrons. The van der Waals surface area contributed by atoms with E-state index in [4.69, 9.17) is 21.1 Å². The number of hydrogen-bond acceptors (Lipinski definition) is 5. The molecule has 29 heavy (non-hydrogen) atoms. The van der Waals surface area contributed by atoms with E-state index in [-0.39, 0.29) is 11.8 Å². The number of fused-ring (bicyclic) bond motifs is 1. The van der Waals surface area contributed by atoms with Gasteiger partial charge in [-0.3, -0.25) is 9.59 Å². The van der Waals surface area contributed by atoms with Gasteiger partial charge in [0.15, 0.2) is 0 Å². The fraction of sp³-hybridized carbons (Fsp3) is 0.238. The van der Waals surface area contributed by atoms with E-state index in [0.717, 1.165) is 10.1 Å². The topological polar surface area (TPSA) is 67.9 Å². The molecule has 2 aromatic carbocycles. The minimum Gasteiger partial charge on any atom is -0.497 e. The molecule has 1 saturated heterocycles. The van der Waals surface area contributed by atoms with Crippen LogP contribution >= 0.6 is 22.9 Å². The van der Waals surface area contributed by atoms with E-state index in [1.165, 1.54) is 11.3 Å². The molecule has 4 rings (SSSR count). The van der Waals surface area contributed by atoms with Crippen LogP contribution in [-0.4, -0.2) is 50.1 Å². The molecule has 3 aromatic rings. The second kappa shape index (κ2) is 8.41. The van der Waals surface area contributed by atoms with Crippen LogP contribution in [0.15, 0.2) is 42.5 Å². The number of anilines is 1. The molecule has 8 heteroatoms. The third kappa shape index (κ3) is 4.07. The van der Waals surface area contributed by atoms with Crippen molar-refractivity contribution >= 4 is 50.5 Å². The van der Waals surface area contributed by atoms with Gasteiger partial charge in [-0.2, -0.15) is 0 Å². The first-order chi connectivity index (χ1) is 14.1. The van der Waals surface area contributed by atoms with E-state index in [0.29, 0.717) is 53.2 Å². The number of amides is 2. The van der Waals surface area contributed by atoms with Crippen LogP contribution in [0.4, 0.5) is 5.69 Å². The molecule has 1 aliphatic rings. The standard InChI is InChI=1S/C21H19ClN2O4S/c1-27-15-6-7-16-17(12-15)29-19(18(16)22)20(25)23-14-4-2-13(3-5-14)21(26)24-8-10-28-11-9-24/h2-7,12H,8-11H2,1H3,(H,23,25). The maximum Gasteiger partial charge on any atom is 0.267 e.